The van der Waals surface area contributed by atoms with E-state index in [-0.39, 0.29) is 18.0 Å². The minimum Gasteiger partial charge on any atom is -0.466 e. The van der Waals surface area contributed by atoms with E-state index in [1.54, 1.807) is 0 Å². The quantitative estimate of drug-likeness (QED) is 0.183. The van der Waals surface area contributed by atoms with Gasteiger partial charge in [0.1, 0.15) is 12.8 Å². The number of ether oxygens (including phenoxy) is 3. The van der Waals surface area contributed by atoms with Crippen molar-refractivity contribution in [2.24, 2.45) is 5.92 Å². The molecule has 0 bridgehead atoms. The molecule has 1 aliphatic carbocycles. The fraction of sp³-hybridized carbons (Fsp3) is 0.600. The highest BCUT2D eigenvalue weighted by Gasteiger charge is 2.38. The van der Waals surface area contributed by atoms with Crippen LogP contribution in [-0.2, 0) is 21.0 Å². The number of halogens is 2. The Kier molecular flexibility index (Phi) is 7.50. The lowest BCUT2D eigenvalue weighted by Crippen LogP contribution is -2.39. The molecular weight excluding hydrogens is 523 g/mol. The summed E-state index contributed by atoms with van der Waals surface area (Å²) in [4.78, 5) is 16.5. The van der Waals surface area contributed by atoms with Crippen molar-refractivity contribution in [2.75, 3.05) is 13.2 Å². The van der Waals surface area contributed by atoms with Gasteiger partial charge in [0.2, 0.25) is 0 Å². The van der Waals surface area contributed by atoms with E-state index in [1.807, 2.05) is 23.6 Å². The minimum absolute atomic E-state index is 0.0449. The van der Waals surface area contributed by atoms with Gasteiger partial charge in [-0.2, -0.15) is 4.98 Å². The zero-order valence-electron chi connectivity index (χ0n) is 17.3. The lowest BCUT2D eigenvalue weighted by molar-refractivity contribution is -0.154. The fourth-order valence-electron chi connectivity index (χ4n) is 3.11. The number of fused-ring (bicyclic) bond motifs is 1. The van der Waals surface area contributed by atoms with E-state index in [9.17, 15) is 4.79 Å². The SMILES string of the molecule is CCOC(=O)C1CC(Oc2nc3cc(I)c(Cl)cc3n2COCC[Si](C)(C)C)C1. The molecule has 0 aliphatic heterocycles. The van der Waals surface area contributed by atoms with Crippen molar-refractivity contribution < 1.29 is 19.0 Å². The topological polar surface area (TPSA) is 62.6 Å². The summed E-state index contributed by atoms with van der Waals surface area (Å²) >= 11 is 8.54. The molecule has 2 aromatic rings. The van der Waals surface area contributed by atoms with Gasteiger partial charge in [0.15, 0.2) is 0 Å². The van der Waals surface area contributed by atoms with Crippen molar-refractivity contribution in [3.05, 3.63) is 20.7 Å². The van der Waals surface area contributed by atoms with Crippen LogP contribution in [-0.4, -0.2) is 42.9 Å². The van der Waals surface area contributed by atoms with Crippen molar-refractivity contribution in [3.8, 4) is 6.01 Å². The second kappa shape index (κ2) is 9.53. The molecule has 1 aliphatic rings. The zero-order valence-corrected chi connectivity index (χ0v) is 21.2. The van der Waals surface area contributed by atoms with Crippen molar-refractivity contribution in [3.63, 3.8) is 0 Å². The Morgan fingerprint density at radius 1 is 1.34 bits per heavy atom. The molecule has 0 N–H and O–H groups in total. The van der Waals surface area contributed by atoms with E-state index in [0.29, 0.717) is 43.8 Å². The largest absolute Gasteiger partial charge is 0.466 e. The minimum atomic E-state index is -1.16. The fourth-order valence-corrected chi connectivity index (χ4v) is 4.48. The number of hydrogen-bond acceptors (Lipinski definition) is 5. The van der Waals surface area contributed by atoms with E-state index in [4.69, 9.17) is 25.8 Å². The highest BCUT2D eigenvalue weighted by molar-refractivity contribution is 14.1. The van der Waals surface area contributed by atoms with Gasteiger partial charge in [-0.15, -0.1) is 0 Å². The van der Waals surface area contributed by atoms with Gasteiger partial charge in [-0.1, -0.05) is 31.2 Å². The van der Waals surface area contributed by atoms with E-state index in [0.717, 1.165) is 20.6 Å². The third-order valence-corrected chi connectivity index (χ3v) is 8.19. The first-order valence-electron chi connectivity index (χ1n) is 9.94. The summed E-state index contributed by atoms with van der Waals surface area (Å²) in [7, 11) is -1.16. The molecule has 0 spiro atoms. The standard InChI is InChI=1S/C20H28ClIN2O4Si/c1-5-27-19(25)13-8-14(9-13)28-20-23-17-11-16(22)15(21)10-18(17)24(20)12-26-6-7-29(2,3)4/h10-11,13-14H,5-9,12H2,1-4H3. The number of carbonyl (C=O) groups is 1. The first kappa shape index (κ1) is 22.8. The van der Waals surface area contributed by atoms with Crippen molar-refractivity contribution in [1.82, 2.24) is 9.55 Å². The summed E-state index contributed by atoms with van der Waals surface area (Å²) in [6.45, 7) is 10.3. The molecule has 0 saturated heterocycles. The zero-order chi connectivity index (χ0) is 21.2. The summed E-state index contributed by atoms with van der Waals surface area (Å²) in [5.74, 6) is -0.224. The molecule has 1 aromatic heterocycles. The van der Waals surface area contributed by atoms with Gasteiger partial charge < -0.3 is 14.2 Å². The molecule has 29 heavy (non-hydrogen) atoms. The van der Waals surface area contributed by atoms with Crippen LogP contribution in [0.4, 0.5) is 0 Å². The first-order valence-corrected chi connectivity index (χ1v) is 15.1. The van der Waals surface area contributed by atoms with E-state index >= 15 is 0 Å². The lowest BCUT2D eigenvalue weighted by Gasteiger charge is -2.33. The predicted molar refractivity (Wildman–Crippen MR) is 125 cm³/mol. The normalized spacial score (nSPS) is 19.2. The van der Waals surface area contributed by atoms with Crippen LogP contribution in [0.25, 0.3) is 11.0 Å². The second-order valence-corrected chi connectivity index (χ2v) is 15.8. The highest BCUT2D eigenvalue weighted by atomic mass is 127. The third-order valence-electron chi connectivity index (χ3n) is 4.96. The number of benzene rings is 1. The molecule has 1 saturated carbocycles. The van der Waals surface area contributed by atoms with Crippen LogP contribution in [0.15, 0.2) is 12.1 Å². The van der Waals surface area contributed by atoms with E-state index in [1.165, 1.54) is 0 Å². The number of nitrogens with zero attached hydrogens (tertiary/aromatic N) is 2. The molecule has 1 aromatic carbocycles. The van der Waals surface area contributed by atoms with Crippen LogP contribution in [0.5, 0.6) is 6.01 Å². The average Bonchev–Trinajstić information content (AvgIpc) is 2.90. The Morgan fingerprint density at radius 3 is 2.72 bits per heavy atom. The predicted octanol–water partition coefficient (Wildman–Crippen LogP) is 5.33. The van der Waals surface area contributed by atoms with Gasteiger partial charge in [0, 0.05) is 18.3 Å². The van der Waals surface area contributed by atoms with E-state index in [2.05, 4.69) is 47.2 Å². The summed E-state index contributed by atoms with van der Waals surface area (Å²) < 4.78 is 20.0. The Morgan fingerprint density at radius 2 is 2.07 bits per heavy atom. The van der Waals surface area contributed by atoms with Crippen molar-refractivity contribution in [2.45, 2.75) is 58.3 Å². The molecule has 0 radical (unpaired) electrons. The van der Waals surface area contributed by atoms with Crippen molar-refractivity contribution in [1.29, 1.82) is 0 Å². The van der Waals surface area contributed by atoms with Gasteiger partial charge >= 0.3 is 5.97 Å². The smallest absolute Gasteiger partial charge is 0.309 e. The first-order chi connectivity index (χ1) is 13.7. The van der Waals surface area contributed by atoms with Gasteiger partial charge in [-0.25, -0.2) is 0 Å². The second-order valence-electron chi connectivity index (χ2n) is 8.59. The van der Waals surface area contributed by atoms with Gasteiger partial charge in [-0.05, 0) is 60.5 Å². The molecule has 0 amide bonds. The summed E-state index contributed by atoms with van der Waals surface area (Å²) in [5, 5.41) is 0.680. The molecule has 9 heteroatoms. The third kappa shape index (κ3) is 5.86. The molecule has 0 unspecified atom stereocenters. The Hall–Kier alpha value is -0.843. The lowest BCUT2D eigenvalue weighted by atomic mass is 9.82. The molecule has 3 rings (SSSR count). The highest BCUT2D eigenvalue weighted by Crippen LogP contribution is 2.34. The summed E-state index contributed by atoms with van der Waals surface area (Å²) in [5.41, 5.74) is 1.71. The maximum Gasteiger partial charge on any atom is 0.309 e. The van der Waals surface area contributed by atoms with E-state index < -0.39 is 8.07 Å². The molecule has 160 valence electrons. The van der Waals surface area contributed by atoms with Crippen LogP contribution < -0.4 is 4.74 Å². The van der Waals surface area contributed by atoms with Gasteiger partial charge in [0.25, 0.3) is 6.01 Å². The molecule has 6 nitrogen and oxygen atoms in total. The summed E-state index contributed by atoms with van der Waals surface area (Å²) in [6.07, 6.45) is 1.25. The van der Waals surface area contributed by atoms with Crippen LogP contribution in [0.1, 0.15) is 19.8 Å². The summed E-state index contributed by atoms with van der Waals surface area (Å²) in [6, 6.07) is 5.46. The maximum absolute atomic E-state index is 11.8. The Bertz CT molecular complexity index is 877. The Labute approximate surface area is 191 Å². The van der Waals surface area contributed by atoms with Crippen LogP contribution in [0.3, 0.4) is 0 Å². The maximum atomic E-state index is 11.8. The van der Waals surface area contributed by atoms with Crippen molar-refractivity contribution >= 4 is 59.3 Å². The van der Waals surface area contributed by atoms with Gasteiger partial charge in [0.05, 0.1) is 28.6 Å². The molecule has 1 heterocycles. The van der Waals surface area contributed by atoms with Crippen LogP contribution >= 0.6 is 34.2 Å². The number of esters is 1. The average molecular weight is 551 g/mol. The number of carbonyl (C=O) groups excluding carboxylic acids is 1. The molecule has 0 atom stereocenters. The number of imidazole rings is 1. The number of rotatable bonds is 9. The number of aromatic nitrogens is 2. The number of hydrogen-bond donors (Lipinski definition) is 0. The Balaban J connectivity index is 1.72. The van der Waals surface area contributed by atoms with Crippen LogP contribution in [0, 0.1) is 9.49 Å². The monoisotopic (exact) mass is 550 g/mol. The molecule has 1 fully saturated rings. The van der Waals surface area contributed by atoms with Crippen LogP contribution in [0.2, 0.25) is 30.7 Å². The van der Waals surface area contributed by atoms with Gasteiger partial charge in [-0.3, -0.25) is 9.36 Å². The molecular formula is C20H28ClIN2O4Si.